The summed E-state index contributed by atoms with van der Waals surface area (Å²) in [6.45, 7) is 1.66. The first-order chi connectivity index (χ1) is 12.8. The summed E-state index contributed by atoms with van der Waals surface area (Å²) in [6, 6.07) is 10.5. The van der Waals surface area contributed by atoms with E-state index in [1.54, 1.807) is 11.3 Å². The van der Waals surface area contributed by atoms with Crippen molar-refractivity contribution < 1.29 is 0 Å². The van der Waals surface area contributed by atoms with Gasteiger partial charge in [0.15, 0.2) is 0 Å². The molecule has 4 aromatic rings. The number of piperidine rings is 1. The number of nitrogens with one attached hydrogen (secondary N) is 1. The maximum atomic E-state index is 12.3. The predicted molar refractivity (Wildman–Crippen MR) is 107 cm³/mol. The molecule has 0 bridgehead atoms. The summed E-state index contributed by atoms with van der Waals surface area (Å²) in [6.07, 6.45) is 3.49. The normalized spacial score (nSPS) is 18.7. The average Bonchev–Trinajstić information content (AvgIpc) is 3.29. The first-order valence-electron chi connectivity index (χ1n) is 8.84. The molecule has 1 aliphatic heterocycles. The van der Waals surface area contributed by atoms with E-state index < -0.39 is 0 Å². The lowest BCUT2D eigenvalue weighted by atomic mass is 10.0. The third-order valence-electron chi connectivity index (χ3n) is 4.93. The maximum Gasteiger partial charge on any atom is 0.268 e. The number of aromatic amines is 1. The minimum Gasteiger partial charge on any atom is -0.308 e. The summed E-state index contributed by atoms with van der Waals surface area (Å²) < 4.78 is 1.94. The van der Waals surface area contributed by atoms with Crippen molar-refractivity contribution in [2.45, 2.75) is 31.8 Å². The van der Waals surface area contributed by atoms with E-state index in [0.717, 1.165) is 29.8 Å². The molecule has 1 aromatic carbocycles. The average molecular weight is 383 g/mol. The van der Waals surface area contributed by atoms with Crippen LogP contribution in [0, 0.1) is 0 Å². The van der Waals surface area contributed by atoms with Crippen molar-refractivity contribution >= 4 is 43.1 Å². The van der Waals surface area contributed by atoms with Crippen LogP contribution in [0.2, 0.25) is 0 Å². The number of para-hydroxylation sites is 1. The Morgan fingerprint density at radius 2 is 2.08 bits per heavy atom. The van der Waals surface area contributed by atoms with Crippen LogP contribution in [-0.2, 0) is 6.54 Å². The van der Waals surface area contributed by atoms with Crippen molar-refractivity contribution in [1.29, 1.82) is 0 Å². The van der Waals surface area contributed by atoms with Gasteiger partial charge in [-0.2, -0.15) is 0 Å². The molecule has 7 heteroatoms. The first-order valence-corrected chi connectivity index (χ1v) is 10.5. The van der Waals surface area contributed by atoms with Gasteiger partial charge in [0.05, 0.1) is 28.3 Å². The van der Waals surface area contributed by atoms with Gasteiger partial charge in [0, 0.05) is 0 Å². The Bertz CT molecular complexity index is 1100. The molecule has 132 valence electrons. The molecule has 1 fully saturated rings. The van der Waals surface area contributed by atoms with Crippen LogP contribution in [0.3, 0.4) is 0 Å². The Hall–Kier alpha value is -2.09. The minimum absolute atomic E-state index is 0.0338. The topological polar surface area (TPSA) is 61.9 Å². The van der Waals surface area contributed by atoms with Crippen LogP contribution < -0.4 is 5.56 Å². The lowest BCUT2D eigenvalue weighted by Crippen LogP contribution is -2.34. The third-order valence-corrected chi connectivity index (χ3v) is 6.97. The van der Waals surface area contributed by atoms with Crippen molar-refractivity contribution in [1.82, 2.24) is 19.9 Å². The van der Waals surface area contributed by atoms with E-state index in [2.05, 4.69) is 33.1 Å². The maximum absolute atomic E-state index is 12.3. The number of H-pyrrole nitrogens is 1. The molecule has 1 N–H and O–H groups in total. The second-order valence-electron chi connectivity index (χ2n) is 6.65. The second-order valence-corrected chi connectivity index (χ2v) is 8.63. The molecule has 4 heterocycles. The fourth-order valence-corrected chi connectivity index (χ4v) is 5.54. The minimum atomic E-state index is -0.0338. The Balaban J connectivity index is 1.48. The summed E-state index contributed by atoms with van der Waals surface area (Å²) in [4.78, 5) is 27.2. The van der Waals surface area contributed by atoms with Crippen molar-refractivity contribution in [3.63, 3.8) is 0 Å². The third kappa shape index (κ3) is 2.86. The number of thiazole rings is 1. The summed E-state index contributed by atoms with van der Waals surface area (Å²) in [7, 11) is 0. The molecule has 0 radical (unpaired) electrons. The molecular weight excluding hydrogens is 364 g/mol. The molecule has 1 saturated heterocycles. The lowest BCUT2D eigenvalue weighted by Gasteiger charge is -2.33. The summed E-state index contributed by atoms with van der Waals surface area (Å²) >= 11 is 3.22. The predicted octanol–water partition coefficient (Wildman–Crippen LogP) is 4.32. The van der Waals surface area contributed by atoms with E-state index in [1.807, 2.05) is 17.5 Å². The zero-order valence-electron chi connectivity index (χ0n) is 14.1. The Morgan fingerprint density at radius 1 is 1.15 bits per heavy atom. The van der Waals surface area contributed by atoms with Gasteiger partial charge in [-0.1, -0.05) is 18.6 Å². The monoisotopic (exact) mass is 382 g/mol. The largest absolute Gasteiger partial charge is 0.308 e. The van der Waals surface area contributed by atoms with Gasteiger partial charge in [0.25, 0.3) is 5.56 Å². The molecule has 0 amide bonds. The molecule has 5 nitrogen and oxygen atoms in total. The van der Waals surface area contributed by atoms with Crippen LogP contribution in [0.1, 0.15) is 36.1 Å². The molecule has 0 saturated carbocycles. The number of hydrogen-bond acceptors (Lipinski definition) is 6. The van der Waals surface area contributed by atoms with Crippen molar-refractivity contribution in [3.05, 3.63) is 56.9 Å². The number of thiophene rings is 1. The quantitative estimate of drug-likeness (QED) is 0.573. The summed E-state index contributed by atoms with van der Waals surface area (Å²) in [5, 5.41) is 3.09. The number of aromatic nitrogens is 3. The number of likely N-dealkylation sites (tertiary alicyclic amines) is 1. The number of fused-ring (bicyclic) bond motifs is 2. The standard InChI is InChI=1S/C19H18N4OS2/c24-18-17-13(8-10-25-17)20-16(22-18)11-23-9-4-3-6-14(23)19-21-12-5-1-2-7-15(12)26-19/h1-2,5,7-8,10,14H,3-4,6,9,11H2,(H,20,22,24). The van der Waals surface area contributed by atoms with E-state index in [-0.39, 0.29) is 5.56 Å². The molecular formula is C19H18N4OS2. The van der Waals surface area contributed by atoms with Crippen molar-refractivity contribution in [2.75, 3.05) is 6.54 Å². The van der Waals surface area contributed by atoms with Crippen molar-refractivity contribution in [3.8, 4) is 0 Å². The second kappa shape index (κ2) is 6.57. The van der Waals surface area contributed by atoms with E-state index in [9.17, 15) is 4.79 Å². The molecule has 1 unspecified atom stereocenters. The van der Waals surface area contributed by atoms with Crippen LogP contribution in [0.15, 0.2) is 40.5 Å². The number of hydrogen-bond donors (Lipinski definition) is 1. The Kier molecular flexibility index (Phi) is 4.07. The van der Waals surface area contributed by atoms with Gasteiger partial charge in [0.2, 0.25) is 0 Å². The van der Waals surface area contributed by atoms with E-state index >= 15 is 0 Å². The highest BCUT2D eigenvalue weighted by atomic mass is 32.1. The SMILES string of the molecule is O=c1[nH]c(CN2CCCCC2c2nc3ccccc3s2)nc2ccsc12. The summed E-state index contributed by atoms with van der Waals surface area (Å²) in [5.74, 6) is 0.744. The lowest BCUT2D eigenvalue weighted by molar-refractivity contribution is 0.137. The van der Waals surface area contributed by atoms with Crippen LogP contribution in [0.25, 0.3) is 20.4 Å². The van der Waals surface area contributed by atoms with Gasteiger partial charge in [-0.05, 0) is 43.0 Å². The number of rotatable bonds is 3. The highest BCUT2D eigenvalue weighted by Crippen LogP contribution is 2.36. The van der Waals surface area contributed by atoms with Gasteiger partial charge in [-0.15, -0.1) is 22.7 Å². The number of benzene rings is 1. The molecule has 1 aliphatic rings. The molecule has 3 aromatic heterocycles. The van der Waals surface area contributed by atoms with Gasteiger partial charge in [-0.25, -0.2) is 9.97 Å². The van der Waals surface area contributed by atoms with Gasteiger partial charge in [0.1, 0.15) is 15.5 Å². The Labute approximate surface area is 158 Å². The highest BCUT2D eigenvalue weighted by Gasteiger charge is 2.27. The smallest absolute Gasteiger partial charge is 0.268 e. The van der Waals surface area contributed by atoms with Crippen LogP contribution in [0.4, 0.5) is 0 Å². The van der Waals surface area contributed by atoms with Gasteiger partial charge < -0.3 is 4.98 Å². The van der Waals surface area contributed by atoms with Crippen LogP contribution in [-0.4, -0.2) is 26.4 Å². The van der Waals surface area contributed by atoms with E-state index in [1.165, 1.54) is 33.9 Å². The van der Waals surface area contributed by atoms with Gasteiger partial charge in [-0.3, -0.25) is 9.69 Å². The summed E-state index contributed by atoms with van der Waals surface area (Å²) in [5.41, 5.74) is 1.83. The fraction of sp³-hybridized carbons (Fsp3) is 0.316. The highest BCUT2D eigenvalue weighted by molar-refractivity contribution is 7.18. The number of nitrogens with zero attached hydrogens (tertiary/aromatic N) is 3. The van der Waals surface area contributed by atoms with Crippen LogP contribution in [0.5, 0.6) is 0 Å². The zero-order valence-corrected chi connectivity index (χ0v) is 15.8. The molecule has 26 heavy (non-hydrogen) atoms. The molecule has 0 aliphatic carbocycles. The molecule has 1 atom stereocenters. The Morgan fingerprint density at radius 3 is 3.00 bits per heavy atom. The zero-order chi connectivity index (χ0) is 17.5. The van der Waals surface area contributed by atoms with E-state index in [4.69, 9.17) is 4.98 Å². The van der Waals surface area contributed by atoms with Gasteiger partial charge >= 0.3 is 0 Å². The molecule has 0 spiro atoms. The fourth-order valence-electron chi connectivity index (χ4n) is 3.68. The van der Waals surface area contributed by atoms with E-state index in [0.29, 0.717) is 17.3 Å². The van der Waals surface area contributed by atoms with Crippen LogP contribution >= 0.6 is 22.7 Å². The van der Waals surface area contributed by atoms with Crippen molar-refractivity contribution in [2.24, 2.45) is 0 Å². The first kappa shape index (κ1) is 16.1. The molecule has 5 rings (SSSR count).